The molecule has 0 atom stereocenters. The SMILES string of the molecule is Cc1c(N)cccc1SCc1ccc(F)c(Br)c1. The van der Waals surface area contributed by atoms with Crippen LogP contribution in [0, 0.1) is 12.7 Å². The maximum Gasteiger partial charge on any atom is 0.137 e. The van der Waals surface area contributed by atoms with E-state index in [-0.39, 0.29) is 5.82 Å². The van der Waals surface area contributed by atoms with Gasteiger partial charge in [0.2, 0.25) is 0 Å². The van der Waals surface area contributed by atoms with Crippen molar-refractivity contribution in [3.05, 3.63) is 57.8 Å². The second-order valence-corrected chi connectivity index (χ2v) is 5.88. The summed E-state index contributed by atoms with van der Waals surface area (Å²) >= 11 is 4.90. The minimum Gasteiger partial charge on any atom is -0.398 e. The Labute approximate surface area is 119 Å². The summed E-state index contributed by atoms with van der Waals surface area (Å²) < 4.78 is 13.6. The molecule has 0 radical (unpaired) electrons. The Bertz CT molecular complexity index is 572. The Hall–Kier alpha value is -1.00. The van der Waals surface area contributed by atoms with E-state index in [1.165, 1.54) is 6.07 Å². The molecule has 1 nitrogen and oxygen atoms in total. The van der Waals surface area contributed by atoms with Crippen molar-refractivity contribution in [1.29, 1.82) is 0 Å². The van der Waals surface area contributed by atoms with Crippen molar-refractivity contribution >= 4 is 33.4 Å². The third-order valence-electron chi connectivity index (χ3n) is 2.70. The molecule has 2 aromatic carbocycles. The monoisotopic (exact) mass is 325 g/mol. The first kappa shape index (κ1) is 13.4. The van der Waals surface area contributed by atoms with Crippen LogP contribution in [0.25, 0.3) is 0 Å². The largest absolute Gasteiger partial charge is 0.398 e. The normalized spacial score (nSPS) is 10.6. The lowest BCUT2D eigenvalue weighted by atomic mass is 10.2. The highest BCUT2D eigenvalue weighted by molar-refractivity contribution is 9.10. The predicted octanol–water partition coefficient (Wildman–Crippen LogP) is 4.77. The van der Waals surface area contributed by atoms with Gasteiger partial charge in [-0.2, -0.15) is 0 Å². The van der Waals surface area contributed by atoms with Crippen LogP contribution in [0.5, 0.6) is 0 Å². The molecule has 0 bridgehead atoms. The average molecular weight is 326 g/mol. The topological polar surface area (TPSA) is 26.0 Å². The Balaban J connectivity index is 2.11. The van der Waals surface area contributed by atoms with Gasteiger partial charge >= 0.3 is 0 Å². The molecule has 94 valence electrons. The van der Waals surface area contributed by atoms with Crippen molar-refractivity contribution < 1.29 is 4.39 Å². The predicted molar refractivity (Wildman–Crippen MR) is 79.3 cm³/mol. The lowest BCUT2D eigenvalue weighted by Gasteiger charge is -2.08. The van der Waals surface area contributed by atoms with Gasteiger partial charge in [-0.25, -0.2) is 4.39 Å². The van der Waals surface area contributed by atoms with E-state index >= 15 is 0 Å². The molecule has 4 heteroatoms. The first-order valence-corrected chi connectivity index (χ1v) is 7.27. The van der Waals surface area contributed by atoms with Gasteiger partial charge in [-0.1, -0.05) is 12.1 Å². The Morgan fingerprint density at radius 3 is 2.78 bits per heavy atom. The molecule has 0 aromatic heterocycles. The van der Waals surface area contributed by atoms with Gasteiger partial charge in [-0.15, -0.1) is 11.8 Å². The lowest BCUT2D eigenvalue weighted by molar-refractivity contribution is 0.620. The van der Waals surface area contributed by atoms with Crippen LogP contribution in [0.4, 0.5) is 10.1 Å². The number of nitrogen functional groups attached to an aromatic ring is 1. The summed E-state index contributed by atoms with van der Waals surface area (Å²) in [6.45, 7) is 2.01. The highest BCUT2D eigenvalue weighted by Crippen LogP contribution is 2.29. The van der Waals surface area contributed by atoms with Gasteiger partial charge in [0.15, 0.2) is 0 Å². The summed E-state index contributed by atoms with van der Waals surface area (Å²) in [5.74, 6) is 0.562. The summed E-state index contributed by atoms with van der Waals surface area (Å²) in [4.78, 5) is 1.16. The number of hydrogen-bond donors (Lipinski definition) is 1. The summed E-state index contributed by atoms with van der Waals surface area (Å²) in [5, 5.41) is 0. The van der Waals surface area contributed by atoms with E-state index in [4.69, 9.17) is 5.73 Å². The van der Waals surface area contributed by atoms with Gasteiger partial charge in [-0.05, 0) is 58.2 Å². The van der Waals surface area contributed by atoms with Crippen LogP contribution < -0.4 is 5.73 Å². The third kappa shape index (κ3) is 3.06. The maximum absolute atomic E-state index is 13.1. The zero-order chi connectivity index (χ0) is 13.1. The molecule has 0 amide bonds. The van der Waals surface area contributed by atoms with Crippen molar-refractivity contribution in [2.75, 3.05) is 5.73 Å². The number of thioether (sulfide) groups is 1. The van der Waals surface area contributed by atoms with Crippen molar-refractivity contribution in [1.82, 2.24) is 0 Å². The Kier molecular flexibility index (Phi) is 4.30. The lowest BCUT2D eigenvalue weighted by Crippen LogP contribution is -1.91. The minimum atomic E-state index is -0.233. The summed E-state index contributed by atoms with van der Waals surface area (Å²) in [6.07, 6.45) is 0. The molecule has 0 aliphatic rings. The number of anilines is 1. The number of halogens is 2. The Morgan fingerprint density at radius 2 is 2.06 bits per heavy atom. The van der Waals surface area contributed by atoms with E-state index in [2.05, 4.69) is 22.0 Å². The molecular weight excluding hydrogens is 313 g/mol. The zero-order valence-corrected chi connectivity index (χ0v) is 12.3. The van der Waals surface area contributed by atoms with Crippen molar-refractivity contribution in [3.8, 4) is 0 Å². The van der Waals surface area contributed by atoms with Crippen molar-refractivity contribution in [2.45, 2.75) is 17.6 Å². The van der Waals surface area contributed by atoms with Crippen LogP contribution in [0.1, 0.15) is 11.1 Å². The molecule has 0 unspecified atom stereocenters. The summed E-state index contributed by atoms with van der Waals surface area (Å²) in [6, 6.07) is 11.0. The minimum absolute atomic E-state index is 0.233. The van der Waals surface area contributed by atoms with Crippen LogP contribution in [0.2, 0.25) is 0 Å². The number of hydrogen-bond acceptors (Lipinski definition) is 2. The fourth-order valence-corrected chi connectivity index (χ4v) is 3.02. The van der Waals surface area contributed by atoms with E-state index < -0.39 is 0 Å². The molecule has 2 N–H and O–H groups in total. The molecule has 2 rings (SSSR count). The fraction of sp³-hybridized carbons (Fsp3) is 0.143. The average Bonchev–Trinajstić information content (AvgIpc) is 2.35. The van der Waals surface area contributed by atoms with E-state index in [0.717, 1.165) is 27.5 Å². The van der Waals surface area contributed by atoms with Gasteiger partial charge in [0.25, 0.3) is 0 Å². The van der Waals surface area contributed by atoms with E-state index in [0.29, 0.717) is 4.47 Å². The second kappa shape index (κ2) is 5.76. The molecule has 0 spiro atoms. The van der Waals surface area contributed by atoms with Crippen molar-refractivity contribution in [2.24, 2.45) is 0 Å². The number of benzene rings is 2. The number of nitrogens with two attached hydrogens (primary N) is 1. The van der Waals surface area contributed by atoms with Crippen LogP contribution in [-0.4, -0.2) is 0 Å². The van der Waals surface area contributed by atoms with Crippen LogP contribution in [-0.2, 0) is 5.75 Å². The van der Waals surface area contributed by atoms with Gasteiger partial charge in [0.1, 0.15) is 5.82 Å². The Morgan fingerprint density at radius 1 is 1.28 bits per heavy atom. The van der Waals surface area contributed by atoms with E-state index in [9.17, 15) is 4.39 Å². The fourth-order valence-electron chi connectivity index (χ4n) is 1.58. The zero-order valence-electron chi connectivity index (χ0n) is 9.91. The molecule has 18 heavy (non-hydrogen) atoms. The second-order valence-electron chi connectivity index (χ2n) is 4.01. The highest BCUT2D eigenvalue weighted by atomic mass is 79.9. The molecule has 0 aliphatic carbocycles. The van der Waals surface area contributed by atoms with Crippen LogP contribution in [0.15, 0.2) is 45.8 Å². The van der Waals surface area contributed by atoms with Crippen molar-refractivity contribution in [3.63, 3.8) is 0 Å². The quantitative estimate of drug-likeness (QED) is 0.649. The first-order valence-electron chi connectivity index (χ1n) is 5.50. The summed E-state index contributed by atoms with van der Waals surface area (Å²) in [5.41, 5.74) is 8.85. The van der Waals surface area contributed by atoms with Crippen LogP contribution in [0.3, 0.4) is 0 Å². The highest BCUT2D eigenvalue weighted by Gasteiger charge is 2.04. The molecule has 2 aromatic rings. The van der Waals surface area contributed by atoms with E-state index in [1.807, 2.05) is 25.1 Å². The molecule has 0 saturated heterocycles. The molecule has 0 saturated carbocycles. The molecular formula is C14H13BrFNS. The first-order chi connectivity index (χ1) is 8.58. The van der Waals surface area contributed by atoms with Gasteiger partial charge in [-0.3, -0.25) is 0 Å². The molecule has 0 aliphatic heterocycles. The van der Waals surface area contributed by atoms with E-state index in [1.54, 1.807) is 17.8 Å². The standard InChI is InChI=1S/C14H13BrFNS/c1-9-13(17)3-2-4-14(9)18-8-10-5-6-12(16)11(15)7-10/h2-7H,8,17H2,1H3. The summed E-state index contributed by atoms with van der Waals surface area (Å²) in [7, 11) is 0. The van der Waals surface area contributed by atoms with Gasteiger partial charge < -0.3 is 5.73 Å². The molecule has 0 fully saturated rings. The van der Waals surface area contributed by atoms with Gasteiger partial charge in [0.05, 0.1) is 4.47 Å². The van der Waals surface area contributed by atoms with Crippen LogP contribution >= 0.6 is 27.7 Å². The van der Waals surface area contributed by atoms with Gasteiger partial charge in [0, 0.05) is 16.3 Å². The number of rotatable bonds is 3. The smallest absolute Gasteiger partial charge is 0.137 e. The maximum atomic E-state index is 13.1. The molecule has 0 heterocycles. The third-order valence-corrected chi connectivity index (χ3v) is 4.54.